The predicted molar refractivity (Wildman–Crippen MR) is 136 cm³/mol. The number of nitriles is 1. The molecule has 5 rings (SSSR count). The fourth-order valence-corrected chi connectivity index (χ4v) is 5.51. The number of aromatic nitrogens is 1. The molecule has 0 unspecified atom stereocenters. The molecule has 3 atom stereocenters. The fourth-order valence-electron chi connectivity index (χ4n) is 5.51. The molecule has 0 saturated carbocycles. The van der Waals surface area contributed by atoms with Gasteiger partial charge >= 0.3 is 0 Å². The van der Waals surface area contributed by atoms with Crippen molar-refractivity contribution in [3.63, 3.8) is 0 Å². The van der Waals surface area contributed by atoms with Crippen LogP contribution in [0.3, 0.4) is 0 Å². The topological polar surface area (TPSA) is 109 Å². The van der Waals surface area contributed by atoms with Crippen molar-refractivity contribution in [1.29, 1.82) is 5.26 Å². The highest BCUT2D eigenvalue weighted by atomic mass is 19.2. The van der Waals surface area contributed by atoms with E-state index < -0.39 is 76.2 Å². The van der Waals surface area contributed by atoms with Gasteiger partial charge in [-0.15, -0.1) is 0 Å². The van der Waals surface area contributed by atoms with Gasteiger partial charge in [0.2, 0.25) is 11.8 Å². The minimum Gasteiger partial charge on any atom is -0.348 e. The van der Waals surface area contributed by atoms with Crippen LogP contribution in [0.2, 0.25) is 0 Å². The number of halogens is 3. The van der Waals surface area contributed by atoms with E-state index in [0.29, 0.717) is 22.2 Å². The molecule has 0 radical (unpaired) electrons. The number of benzene rings is 2. The lowest BCUT2D eigenvalue weighted by molar-refractivity contribution is -0.136. The van der Waals surface area contributed by atoms with E-state index in [2.05, 4.69) is 10.3 Å². The number of rotatable bonds is 5. The first-order valence-corrected chi connectivity index (χ1v) is 12.3. The summed E-state index contributed by atoms with van der Waals surface area (Å²) in [5.41, 5.74) is -1.36. The van der Waals surface area contributed by atoms with Crippen molar-refractivity contribution in [2.45, 2.75) is 44.2 Å². The van der Waals surface area contributed by atoms with E-state index in [1.54, 1.807) is 38.1 Å². The largest absolute Gasteiger partial charge is 0.348 e. The second-order valence-electron chi connectivity index (χ2n) is 10.3. The van der Waals surface area contributed by atoms with E-state index in [-0.39, 0.29) is 25.3 Å². The van der Waals surface area contributed by atoms with Gasteiger partial charge in [-0.1, -0.05) is 32.0 Å². The van der Waals surface area contributed by atoms with Crippen molar-refractivity contribution in [2.75, 3.05) is 18.8 Å². The lowest BCUT2D eigenvalue weighted by Gasteiger charge is -2.33. The number of H-pyrrole nitrogens is 1. The van der Waals surface area contributed by atoms with Gasteiger partial charge in [-0.3, -0.25) is 14.4 Å². The number of anilines is 1. The molecule has 1 saturated heterocycles. The molecule has 11 heteroatoms. The van der Waals surface area contributed by atoms with Crippen molar-refractivity contribution in [1.82, 2.24) is 14.8 Å². The van der Waals surface area contributed by atoms with Gasteiger partial charge in [-0.05, 0) is 30.0 Å². The first-order chi connectivity index (χ1) is 19.7. The Morgan fingerprint density at radius 3 is 2.69 bits per heavy atom. The number of likely N-dealkylation sites (tertiary alicyclic amines) is 1. The van der Waals surface area contributed by atoms with Gasteiger partial charge in [0.05, 0.1) is 17.0 Å². The van der Waals surface area contributed by atoms with E-state index in [1.165, 1.54) is 0 Å². The molecule has 0 bridgehead atoms. The molecule has 39 heavy (non-hydrogen) atoms. The highest BCUT2D eigenvalue weighted by Crippen LogP contribution is 2.46. The maximum atomic E-state index is 14.4. The van der Waals surface area contributed by atoms with Crippen LogP contribution >= 0.6 is 0 Å². The van der Waals surface area contributed by atoms with Crippen LogP contribution in [0.25, 0.3) is 10.9 Å². The van der Waals surface area contributed by atoms with Gasteiger partial charge in [0.15, 0.2) is 11.6 Å². The summed E-state index contributed by atoms with van der Waals surface area (Å²) in [6.07, 6.45) is -0.189. The van der Waals surface area contributed by atoms with Crippen molar-refractivity contribution in [3.8, 4) is 6.07 Å². The lowest BCUT2D eigenvalue weighted by Crippen LogP contribution is -2.52. The molecule has 1 spiro atoms. The van der Waals surface area contributed by atoms with E-state index in [9.17, 15) is 32.8 Å². The monoisotopic (exact) mass is 540 g/mol. The molecule has 0 aliphatic carbocycles. The predicted octanol–water partition coefficient (Wildman–Crippen LogP) is 4.09. The number of carbonyl (C=O) groups is 3. The Kier molecular flexibility index (Phi) is 5.48. The highest BCUT2D eigenvalue weighted by molar-refractivity contribution is 6.07. The Bertz CT molecular complexity index is 1670. The molecule has 3 amide bonds. The minimum absolute atomic E-state index is 0.0413. The molecule has 8 nitrogen and oxygen atoms in total. The van der Waals surface area contributed by atoms with Gasteiger partial charge in [-0.25, -0.2) is 13.2 Å². The Morgan fingerprint density at radius 2 is 2.00 bits per heavy atom. The van der Waals surface area contributed by atoms with E-state index in [0.717, 1.165) is 11.0 Å². The van der Waals surface area contributed by atoms with Gasteiger partial charge in [0.1, 0.15) is 23.6 Å². The molecule has 2 aromatic carbocycles. The zero-order valence-corrected chi connectivity index (χ0v) is 21.0. The fraction of sp³-hybridized carbons (Fsp3) is 0.357. The van der Waals surface area contributed by atoms with Crippen LogP contribution in [0.15, 0.2) is 36.4 Å². The first kappa shape index (κ1) is 22.6. The lowest BCUT2D eigenvalue weighted by atomic mass is 9.80. The maximum Gasteiger partial charge on any atom is 0.270 e. The molecule has 2 aliphatic heterocycles. The average Bonchev–Trinajstić information content (AvgIpc) is 3.61. The second kappa shape index (κ2) is 9.45. The zero-order valence-electron chi connectivity index (χ0n) is 24.0. The average molecular weight is 541 g/mol. The van der Waals surface area contributed by atoms with E-state index in [1.807, 2.05) is 6.07 Å². The van der Waals surface area contributed by atoms with E-state index in [4.69, 9.17) is 4.11 Å². The number of nitrogens with zero attached hydrogens (tertiary/aromatic N) is 3. The summed E-state index contributed by atoms with van der Waals surface area (Å²) in [5, 5.41) is 12.3. The minimum atomic E-state index is -3.22. The van der Waals surface area contributed by atoms with Crippen molar-refractivity contribution in [3.05, 3.63) is 65.1 Å². The smallest absolute Gasteiger partial charge is 0.270 e. The molecule has 3 heterocycles. The summed E-state index contributed by atoms with van der Waals surface area (Å²) in [6.45, 7) is -0.0465. The molecule has 202 valence electrons. The number of amides is 3. The third kappa shape index (κ3) is 4.11. The number of fused-ring (bicyclic) bond motifs is 3. The van der Waals surface area contributed by atoms with Crippen LogP contribution in [0, 0.1) is 34.7 Å². The molecule has 2 N–H and O–H groups in total. The van der Waals surface area contributed by atoms with Crippen LogP contribution in [-0.2, 0) is 15.0 Å². The molecular weight excluding hydrogens is 511 g/mol. The highest BCUT2D eigenvalue weighted by Gasteiger charge is 2.56. The number of hydrogen-bond donors (Lipinski definition) is 2. The Hall–Kier alpha value is -4.33. The van der Waals surface area contributed by atoms with Crippen LogP contribution in [-0.4, -0.2) is 58.1 Å². The van der Waals surface area contributed by atoms with Crippen LogP contribution < -0.4 is 5.32 Å². The summed E-state index contributed by atoms with van der Waals surface area (Å²) >= 11 is 0. The maximum absolute atomic E-state index is 14.4. The van der Waals surface area contributed by atoms with Crippen molar-refractivity contribution >= 4 is 34.3 Å². The zero-order chi connectivity index (χ0) is 30.7. The normalized spacial score (nSPS) is 22.3. The number of nitrogens with one attached hydrogen (secondary N) is 2. The van der Waals surface area contributed by atoms with Crippen molar-refractivity contribution < 1.29 is 31.7 Å². The number of para-hydroxylation sites is 1. The number of carbonyl (C=O) groups excluding carboxylic acids is 3. The Labute approximate surface area is 226 Å². The summed E-state index contributed by atoms with van der Waals surface area (Å²) in [6, 6.07) is 7.30. The first-order valence-electron chi connectivity index (χ1n) is 13.8. The second-order valence-corrected chi connectivity index (χ2v) is 10.3. The Morgan fingerprint density at radius 1 is 1.26 bits per heavy atom. The number of likely N-dealkylation sites (N-methyl/N-ethyl adjacent to an activating group) is 1. The van der Waals surface area contributed by atoms with Crippen LogP contribution in [0.5, 0.6) is 0 Å². The third-order valence-electron chi connectivity index (χ3n) is 7.41. The van der Waals surface area contributed by atoms with Gasteiger partial charge in [0.25, 0.3) is 5.91 Å². The van der Waals surface area contributed by atoms with Gasteiger partial charge in [0, 0.05) is 41.2 Å². The van der Waals surface area contributed by atoms with E-state index >= 15 is 0 Å². The summed E-state index contributed by atoms with van der Waals surface area (Å²) in [5.74, 6) is -7.03. The number of hydrogen-bond acceptors (Lipinski definition) is 4. The SMILES string of the molecule is [2H]C([2H])([2H])N(C(=O)c1cc2c(F)cc(F)c(F)c2[nH]1)[C@@H](CC(C)C)C(=O)N1C[C@]2(C[C@H]1C#N)C(=O)Nc1ccccc12. The standard InChI is InChI=1S/C28H26F3N5O3/c1-14(2)8-22(35(3)25(37)21-9-16-18(29)10-19(30)23(31)24(16)33-21)26(38)36-13-28(11-15(36)12-32)17-6-4-5-7-20(17)34-27(28)39/h4-7,9-10,14-15,22,33H,8,11,13H2,1-3H3,(H,34,39)/t15-,22-,28-/m0/s1/i3D3. The summed E-state index contributed by atoms with van der Waals surface area (Å²) in [7, 11) is 0. The van der Waals surface area contributed by atoms with Crippen LogP contribution in [0.1, 0.15) is 46.9 Å². The molecular formula is C28H26F3N5O3. The summed E-state index contributed by atoms with van der Waals surface area (Å²) in [4.78, 5) is 44.8. The summed E-state index contributed by atoms with van der Waals surface area (Å²) < 4.78 is 67.1. The molecule has 2 aliphatic rings. The third-order valence-corrected chi connectivity index (χ3v) is 7.41. The Balaban J connectivity index is 1.57. The molecule has 1 aromatic heterocycles. The van der Waals surface area contributed by atoms with Crippen LogP contribution in [0.4, 0.5) is 18.9 Å². The van der Waals surface area contributed by atoms with Gasteiger partial charge < -0.3 is 20.1 Å². The molecule has 3 aromatic rings. The quantitative estimate of drug-likeness (QED) is 0.475. The number of aromatic amines is 1. The molecule has 1 fully saturated rings. The van der Waals surface area contributed by atoms with Gasteiger partial charge in [-0.2, -0.15) is 5.26 Å². The van der Waals surface area contributed by atoms with Crippen molar-refractivity contribution in [2.24, 2.45) is 5.92 Å².